The van der Waals surface area contributed by atoms with Crippen molar-refractivity contribution < 1.29 is 4.92 Å². The van der Waals surface area contributed by atoms with Crippen LogP contribution in [0.2, 0.25) is 0 Å². The van der Waals surface area contributed by atoms with Gasteiger partial charge in [0.1, 0.15) is 11.4 Å². The number of benzene rings is 1. The molecule has 3 heterocycles. The van der Waals surface area contributed by atoms with Gasteiger partial charge in [-0.2, -0.15) is 5.10 Å². The summed E-state index contributed by atoms with van der Waals surface area (Å²) in [6.45, 7) is 0. The van der Waals surface area contributed by atoms with Crippen LogP contribution in [0.5, 0.6) is 0 Å². The number of nitro groups is 1. The van der Waals surface area contributed by atoms with Crippen molar-refractivity contribution in [3.63, 3.8) is 0 Å². The number of nitrogens with one attached hydrogen (secondary N) is 1. The van der Waals surface area contributed by atoms with Gasteiger partial charge in [-0.3, -0.25) is 25.2 Å². The lowest BCUT2D eigenvalue weighted by molar-refractivity contribution is -0.384. The molecule has 0 aliphatic rings. The minimum absolute atomic E-state index is 0.0805. The molecule has 0 bridgehead atoms. The van der Waals surface area contributed by atoms with E-state index >= 15 is 0 Å². The SMILES string of the molecule is O=[N+]([O-])c1ccc(Cc2ccnc(-c3n[nH]c(-c4ccccn4)n3)c2)cc1. The summed E-state index contributed by atoms with van der Waals surface area (Å²) >= 11 is 0. The van der Waals surface area contributed by atoms with Crippen molar-refractivity contribution in [1.82, 2.24) is 25.1 Å². The van der Waals surface area contributed by atoms with E-state index in [0.717, 1.165) is 11.1 Å². The molecule has 0 saturated heterocycles. The molecule has 3 aromatic heterocycles. The first-order valence-corrected chi connectivity index (χ1v) is 8.21. The monoisotopic (exact) mass is 358 g/mol. The number of nitrogens with zero attached hydrogens (tertiary/aromatic N) is 5. The molecule has 1 N–H and O–H groups in total. The van der Waals surface area contributed by atoms with Gasteiger partial charge in [0.15, 0.2) is 11.6 Å². The number of H-pyrrole nitrogens is 1. The van der Waals surface area contributed by atoms with Crippen molar-refractivity contribution in [2.45, 2.75) is 6.42 Å². The van der Waals surface area contributed by atoms with Gasteiger partial charge in [0.25, 0.3) is 5.69 Å². The normalized spacial score (nSPS) is 10.7. The summed E-state index contributed by atoms with van der Waals surface area (Å²) in [5.41, 5.74) is 3.42. The van der Waals surface area contributed by atoms with E-state index in [4.69, 9.17) is 0 Å². The van der Waals surface area contributed by atoms with Gasteiger partial charge in [-0.15, -0.1) is 0 Å². The van der Waals surface area contributed by atoms with Crippen LogP contribution in [0, 0.1) is 10.1 Å². The van der Waals surface area contributed by atoms with E-state index in [-0.39, 0.29) is 5.69 Å². The van der Waals surface area contributed by atoms with Gasteiger partial charge >= 0.3 is 0 Å². The molecule has 0 fully saturated rings. The zero-order valence-corrected chi connectivity index (χ0v) is 14.1. The summed E-state index contributed by atoms with van der Waals surface area (Å²) in [5.74, 6) is 1.06. The van der Waals surface area contributed by atoms with Crippen LogP contribution in [0.4, 0.5) is 5.69 Å². The van der Waals surface area contributed by atoms with Gasteiger partial charge in [-0.25, -0.2) is 4.98 Å². The summed E-state index contributed by atoms with van der Waals surface area (Å²) in [4.78, 5) is 23.4. The number of rotatable bonds is 5. The van der Waals surface area contributed by atoms with Crippen LogP contribution in [-0.2, 0) is 6.42 Å². The first-order chi connectivity index (χ1) is 13.2. The molecule has 8 nitrogen and oxygen atoms in total. The van der Waals surface area contributed by atoms with Crippen LogP contribution < -0.4 is 0 Å². The molecule has 4 aromatic rings. The number of hydrogen-bond donors (Lipinski definition) is 1. The van der Waals surface area contributed by atoms with Crippen molar-refractivity contribution in [3.05, 3.63) is 88.2 Å². The number of aromatic amines is 1. The van der Waals surface area contributed by atoms with Crippen LogP contribution in [0.15, 0.2) is 67.0 Å². The lowest BCUT2D eigenvalue weighted by Gasteiger charge is -2.03. The van der Waals surface area contributed by atoms with E-state index in [9.17, 15) is 10.1 Å². The minimum atomic E-state index is -0.406. The highest BCUT2D eigenvalue weighted by molar-refractivity contribution is 5.56. The van der Waals surface area contributed by atoms with Crippen molar-refractivity contribution >= 4 is 5.69 Å². The molecular weight excluding hydrogens is 344 g/mol. The lowest BCUT2D eigenvalue weighted by atomic mass is 10.0. The number of non-ortho nitro benzene ring substituents is 1. The van der Waals surface area contributed by atoms with Gasteiger partial charge in [-0.05, 0) is 41.8 Å². The Labute approximate surface area is 154 Å². The first kappa shape index (κ1) is 16.5. The fourth-order valence-electron chi connectivity index (χ4n) is 2.67. The average Bonchev–Trinajstić information content (AvgIpc) is 3.20. The van der Waals surface area contributed by atoms with E-state index in [1.165, 1.54) is 12.1 Å². The standard InChI is InChI=1S/C19H14N6O2/c26-25(27)15-6-4-13(5-7-15)11-14-8-10-21-17(12-14)19-22-18(23-24-19)16-3-1-2-9-20-16/h1-10,12H,11H2,(H,22,23,24). The zero-order chi connectivity index (χ0) is 18.6. The van der Waals surface area contributed by atoms with E-state index < -0.39 is 4.92 Å². The molecule has 0 unspecified atom stereocenters. The molecule has 0 aliphatic heterocycles. The van der Waals surface area contributed by atoms with Gasteiger partial charge in [0.2, 0.25) is 0 Å². The predicted octanol–water partition coefficient (Wildman–Crippen LogP) is 3.43. The van der Waals surface area contributed by atoms with Crippen LogP contribution in [0.25, 0.3) is 23.0 Å². The van der Waals surface area contributed by atoms with Crippen molar-refractivity contribution in [1.29, 1.82) is 0 Å². The Morgan fingerprint density at radius 1 is 0.926 bits per heavy atom. The van der Waals surface area contributed by atoms with Gasteiger partial charge < -0.3 is 0 Å². The molecule has 8 heteroatoms. The Bertz CT molecular complexity index is 1080. The fourth-order valence-corrected chi connectivity index (χ4v) is 2.67. The van der Waals surface area contributed by atoms with Crippen LogP contribution in [0.3, 0.4) is 0 Å². The molecule has 132 valence electrons. The van der Waals surface area contributed by atoms with E-state index in [0.29, 0.717) is 29.5 Å². The highest BCUT2D eigenvalue weighted by Gasteiger charge is 2.11. The van der Waals surface area contributed by atoms with Crippen LogP contribution in [0.1, 0.15) is 11.1 Å². The molecule has 0 saturated carbocycles. The molecule has 0 aliphatic carbocycles. The number of aromatic nitrogens is 5. The molecule has 1 aromatic carbocycles. The van der Waals surface area contributed by atoms with Crippen molar-refractivity contribution in [2.75, 3.05) is 0 Å². The molecule has 4 rings (SSSR count). The van der Waals surface area contributed by atoms with Crippen molar-refractivity contribution in [3.8, 4) is 23.0 Å². The maximum Gasteiger partial charge on any atom is 0.269 e. The largest absolute Gasteiger partial charge is 0.269 e. The van der Waals surface area contributed by atoms with Gasteiger partial charge in [0, 0.05) is 24.5 Å². The Morgan fingerprint density at radius 3 is 2.48 bits per heavy atom. The number of pyridine rings is 2. The predicted molar refractivity (Wildman–Crippen MR) is 98.7 cm³/mol. The fraction of sp³-hybridized carbons (Fsp3) is 0.0526. The first-order valence-electron chi connectivity index (χ1n) is 8.21. The van der Waals surface area contributed by atoms with Gasteiger partial charge in [-0.1, -0.05) is 18.2 Å². The Hall–Kier alpha value is -3.94. The molecule has 0 radical (unpaired) electrons. The molecule has 0 spiro atoms. The smallest absolute Gasteiger partial charge is 0.258 e. The third-order valence-electron chi connectivity index (χ3n) is 4.00. The topological polar surface area (TPSA) is 110 Å². The second-order valence-corrected chi connectivity index (χ2v) is 5.87. The Morgan fingerprint density at radius 2 is 1.74 bits per heavy atom. The average molecular weight is 358 g/mol. The molecule has 0 atom stereocenters. The van der Waals surface area contributed by atoms with Gasteiger partial charge in [0.05, 0.1) is 4.92 Å². The summed E-state index contributed by atoms with van der Waals surface area (Å²) in [7, 11) is 0. The zero-order valence-electron chi connectivity index (χ0n) is 14.1. The lowest BCUT2D eigenvalue weighted by Crippen LogP contribution is -1.93. The third-order valence-corrected chi connectivity index (χ3v) is 4.00. The molecule has 27 heavy (non-hydrogen) atoms. The van der Waals surface area contributed by atoms with E-state index in [1.807, 2.05) is 30.3 Å². The summed E-state index contributed by atoms with van der Waals surface area (Å²) < 4.78 is 0. The second-order valence-electron chi connectivity index (χ2n) is 5.87. The van der Waals surface area contributed by atoms with Crippen LogP contribution >= 0.6 is 0 Å². The Balaban J connectivity index is 1.56. The van der Waals surface area contributed by atoms with E-state index in [1.54, 1.807) is 24.5 Å². The summed E-state index contributed by atoms with van der Waals surface area (Å²) in [6.07, 6.45) is 4.03. The maximum atomic E-state index is 10.8. The highest BCUT2D eigenvalue weighted by Crippen LogP contribution is 2.20. The van der Waals surface area contributed by atoms with Crippen molar-refractivity contribution in [2.24, 2.45) is 0 Å². The number of nitro benzene ring substituents is 1. The Kier molecular flexibility index (Phi) is 4.36. The second kappa shape index (κ2) is 7.12. The quantitative estimate of drug-likeness (QED) is 0.432. The van der Waals surface area contributed by atoms with Crippen LogP contribution in [-0.4, -0.2) is 30.1 Å². The summed E-state index contributed by atoms with van der Waals surface area (Å²) in [5, 5.41) is 17.9. The third kappa shape index (κ3) is 3.69. The minimum Gasteiger partial charge on any atom is -0.258 e. The number of hydrogen-bond acceptors (Lipinski definition) is 6. The molecular formula is C19H14N6O2. The molecule has 0 amide bonds. The summed E-state index contributed by atoms with van der Waals surface area (Å²) in [6, 6.07) is 15.9. The maximum absolute atomic E-state index is 10.8. The highest BCUT2D eigenvalue weighted by atomic mass is 16.6. The van der Waals surface area contributed by atoms with E-state index in [2.05, 4.69) is 25.1 Å².